The number of benzene rings is 1. The highest BCUT2D eigenvalue weighted by molar-refractivity contribution is 7.17. The fourth-order valence-electron chi connectivity index (χ4n) is 2.41. The molecule has 2 N–H and O–H groups in total. The predicted octanol–water partition coefficient (Wildman–Crippen LogP) is 4.57. The van der Waals surface area contributed by atoms with Crippen LogP contribution in [0.2, 0.25) is 0 Å². The molecule has 5 heteroatoms. The van der Waals surface area contributed by atoms with Crippen LogP contribution in [0.3, 0.4) is 0 Å². The van der Waals surface area contributed by atoms with Gasteiger partial charge >= 0.3 is 6.03 Å². The number of urea groups is 1. The van der Waals surface area contributed by atoms with E-state index in [1.807, 2.05) is 25.1 Å². The van der Waals surface area contributed by atoms with Crippen molar-refractivity contribution in [3.63, 3.8) is 0 Å². The topological polar surface area (TPSA) is 41.1 Å². The third kappa shape index (κ3) is 3.48. The Balaban J connectivity index is 1.54. The van der Waals surface area contributed by atoms with Gasteiger partial charge in [-0.05, 0) is 47.2 Å². The van der Waals surface area contributed by atoms with Crippen LogP contribution in [0.4, 0.5) is 4.79 Å². The lowest BCUT2D eigenvalue weighted by Crippen LogP contribution is -2.37. The van der Waals surface area contributed by atoms with Crippen LogP contribution in [0.1, 0.15) is 23.4 Å². The first-order valence-electron chi connectivity index (χ1n) is 7.27. The maximum Gasteiger partial charge on any atom is 0.315 e. The van der Waals surface area contributed by atoms with Gasteiger partial charge in [-0.2, -0.15) is 0 Å². The Morgan fingerprint density at radius 2 is 2.05 bits per heavy atom. The summed E-state index contributed by atoms with van der Waals surface area (Å²) in [7, 11) is 0. The van der Waals surface area contributed by atoms with Crippen LogP contribution in [0.25, 0.3) is 10.1 Å². The second-order valence-electron chi connectivity index (χ2n) is 5.14. The molecule has 0 aliphatic rings. The second-order valence-corrected chi connectivity index (χ2v) is 7.08. The minimum absolute atomic E-state index is 0.00196. The average Bonchev–Trinajstić information content (AvgIpc) is 3.16. The molecule has 2 heterocycles. The highest BCUT2D eigenvalue weighted by Gasteiger charge is 2.13. The molecule has 114 valence electrons. The van der Waals surface area contributed by atoms with Crippen molar-refractivity contribution in [2.45, 2.75) is 19.4 Å². The number of carbonyl (C=O) groups excluding carboxylic acids is 1. The van der Waals surface area contributed by atoms with Crippen molar-refractivity contribution in [3.05, 3.63) is 57.6 Å². The minimum Gasteiger partial charge on any atom is -0.338 e. The maximum atomic E-state index is 12.0. The molecule has 1 unspecified atom stereocenters. The SMILES string of the molecule is CC(NC(=O)NCCc1cccs1)c1csc2ccccc12. The standard InChI is InChI=1S/C17H18N2OS2/c1-12(15-11-22-16-7-3-2-6-14(15)16)19-17(20)18-9-8-13-5-4-10-21-13/h2-7,10-12H,8-9H2,1H3,(H2,18,19,20). The molecule has 0 aliphatic heterocycles. The van der Waals surface area contributed by atoms with Crippen molar-refractivity contribution >= 4 is 38.8 Å². The number of fused-ring (bicyclic) bond motifs is 1. The summed E-state index contributed by atoms with van der Waals surface area (Å²) in [5, 5.41) is 11.3. The van der Waals surface area contributed by atoms with E-state index in [0.717, 1.165) is 6.42 Å². The number of amides is 2. The van der Waals surface area contributed by atoms with Crippen molar-refractivity contribution in [1.29, 1.82) is 0 Å². The summed E-state index contributed by atoms with van der Waals surface area (Å²) in [5.74, 6) is 0. The Morgan fingerprint density at radius 1 is 1.18 bits per heavy atom. The molecule has 3 nitrogen and oxygen atoms in total. The van der Waals surface area contributed by atoms with Gasteiger partial charge in [0, 0.05) is 16.1 Å². The van der Waals surface area contributed by atoms with Gasteiger partial charge < -0.3 is 10.6 Å². The smallest absolute Gasteiger partial charge is 0.315 e. The summed E-state index contributed by atoms with van der Waals surface area (Å²) in [4.78, 5) is 13.3. The van der Waals surface area contributed by atoms with Gasteiger partial charge in [0.15, 0.2) is 0 Å². The Bertz CT molecular complexity index is 749. The molecule has 0 aliphatic carbocycles. The lowest BCUT2D eigenvalue weighted by Gasteiger charge is -2.14. The quantitative estimate of drug-likeness (QED) is 0.707. The molecule has 0 saturated carbocycles. The normalized spacial score (nSPS) is 12.2. The van der Waals surface area contributed by atoms with Crippen LogP contribution in [0.15, 0.2) is 47.2 Å². The fourth-order valence-corrected chi connectivity index (χ4v) is 4.18. The van der Waals surface area contributed by atoms with Gasteiger partial charge in [-0.25, -0.2) is 4.79 Å². The van der Waals surface area contributed by atoms with Crippen molar-refractivity contribution in [2.75, 3.05) is 6.54 Å². The number of hydrogen-bond donors (Lipinski definition) is 2. The largest absolute Gasteiger partial charge is 0.338 e. The molecule has 2 amide bonds. The fraction of sp³-hybridized carbons (Fsp3) is 0.235. The van der Waals surface area contributed by atoms with E-state index in [-0.39, 0.29) is 12.1 Å². The molecular formula is C17H18N2OS2. The summed E-state index contributed by atoms with van der Waals surface area (Å²) in [6, 6.07) is 12.3. The molecule has 0 bridgehead atoms. The molecule has 22 heavy (non-hydrogen) atoms. The van der Waals surface area contributed by atoms with Crippen molar-refractivity contribution in [1.82, 2.24) is 10.6 Å². The van der Waals surface area contributed by atoms with Gasteiger partial charge in [0.1, 0.15) is 0 Å². The number of hydrogen-bond acceptors (Lipinski definition) is 3. The van der Waals surface area contributed by atoms with E-state index in [2.05, 4.69) is 39.6 Å². The van der Waals surface area contributed by atoms with Gasteiger partial charge in [-0.3, -0.25) is 0 Å². The Hall–Kier alpha value is -1.85. The first-order valence-corrected chi connectivity index (χ1v) is 9.03. The van der Waals surface area contributed by atoms with E-state index >= 15 is 0 Å². The summed E-state index contributed by atoms with van der Waals surface area (Å²) in [5.41, 5.74) is 1.18. The average molecular weight is 330 g/mol. The molecule has 1 aromatic carbocycles. The molecule has 1 atom stereocenters. The monoisotopic (exact) mass is 330 g/mol. The van der Waals surface area contributed by atoms with Crippen molar-refractivity contribution in [2.24, 2.45) is 0 Å². The van der Waals surface area contributed by atoms with E-state index < -0.39 is 0 Å². The second kappa shape index (κ2) is 6.94. The third-order valence-electron chi connectivity index (χ3n) is 3.56. The Kier molecular flexibility index (Phi) is 4.75. The highest BCUT2D eigenvalue weighted by atomic mass is 32.1. The molecule has 3 aromatic rings. The summed E-state index contributed by atoms with van der Waals surface area (Å²) in [6.45, 7) is 2.68. The molecular weight excluding hydrogens is 312 g/mol. The van der Waals surface area contributed by atoms with E-state index in [1.54, 1.807) is 22.7 Å². The number of nitrogens with one attached hydrogen (secondary N) is 2. The zero-order valence-electron chi connectivity index (χ0n) is 12.3. The highest BCUT2D eigenvalue weighted by Crippen LogP contribution is 2.29. The van der Waals surface area contributed by atoms with Crippen LogP contribution in [-0.2, 0) is 6.42 Å². The minimum atomic E-state index is -0.112. The summed E-state index contributed by atoms with van der Waals surface area (Å²) in [6.07, 6.45) is 0.876. The lowest BCUT2D eigenvalue weighted by atomic mass is 10.1. The first-order chi connectivity index (χ1) is 10.7. The number of thiophene rings is 2. The van der Waals surface area contributed by atoms with Crippen molar-refractivity contribution < 1.29 is 4.79 Å². The van der Waals surface area contributed by atoms with Gasteiger partial charge in [-0.15, -0.1) is 22.7 Å². The molecule has 0 spiro atoms. The van der Waals surface area contributed by atoms with Crippen molar-refractivity contribution in [3.8, 4) is 0 Å². The van der Waals surface area contributed by atoms with Gasteiger partial charge in [0.2, 0.25) is 0 Å². The predicted molar refractivity (Wildman–Crippen MR) is 94.8 cm³/mol. The summed E-state index contributed by atoms with van der Waals surface area (Å²) >= 11 is 3.43. The zero-order chi connectivity index (χ0) is 15.4. The van der Waals surface area contributed by atoms with Gasteiger partial charge in [-0.1, -0.05) is 24.3 Å². The van der Waals surface area contributed by atoms with Crippen LogP contribution >= 0.6 is 22.7 Å². The third-order valence-corrected chi connectivity index (χ3v) is 5.48. The van der Waals surface area contributed by atoms with E-state index in [1.165, 1.54) is 20.5 Å². The van der Waals surface area contributed by atoms with E-state index in [0.29, 0.717) is 6.54 Å². The first kappa shape index (κ1) is 15.1. The van der Waals surface area contributed by atoms with Crippen LogP contribution in [0, 0.1) is 0 Å². The van der Waals surface area contributed by atoms with Crippen LogP contribution in [-0.4, -0.2) is 12.6 Å². The molecule has 2 aromatic heterocycles. The number of carbonyl (C=O) groups is 1. The van der Waals surface area contributed by atoms with Gasteiger partial charge in [0.05, 0.1) is 6.04 Å². The Labute approximate surface area is 138 Å². The van der Waals surface area contributed by atoms with Crippen LogP contribution in [0.5, 0.6) is 0 Å². The molecule has 0 saturated heterocycles. The van der Waals surface area contributed by atoms with E-state index in [4.69, 9.17) is 0 Å². The summed E-state index contributed by atoms with van der Waals surface area (Å²) < 4.78 is 1.25. The van der Waals surface area contributed by atoms with Gasteiger partial charge in [0.25, 0.3) is 0 Å². The maximum absolute atomic E-state index is 12.0. The lowest BCUT2D eigenvalue weighted by molar-refractivity contribution is 0.238. The molecule has 0 fully saturated rings. The zero-order valence-corrected chi connectivity index (χ0v) is 14.0. The molecule has 3 rings (SSSR count). The Morgan fingerprint density at radius 3 is 2.86 bits per heavy atom. The van der Waals surface area contributed by atoms with E-state index in [9.17, 15) is 4.79 Å². The van der Waals surface area contributed by atoms with Crippen LogP contribution < -0.4 is 10.6 Å². The number of rotatable bonds is 5. The molecule has 0 radical (unpaired) electrons.